The summed E-state index contributed by atoms with van der Waals surface area (Å²) < 4.78 is 25.8. The zero-order valence-corrected chi connectivity index (χ0v) is 15.6. The van der Waals surface area contributed by atoms with Crippen LogP contribution in [-0.4, -0.2) is 41.0 Å². The highest BCUT2D eigenvalue weighted by atomic mass is 35.5. The fraction of sp³-hybridized carbons (Fsp3) is 0.167. The van der Waals surface area contributed by atoms with Crippen LogP contribution in [0.1, 0.15) is 10.4 Å². The molecule has 0 saturated heterocycles. The summed E-state index contributed by atoms with van der Waals surface area (Å²) in [6.07, 6.45) is 2.69. The summed E-state index contributed by atoms with van der Waals surface area (Å²) in [5.41, 5.74) is 6.45. The first-order valence-corrected chi connectivity index (χ1v) is 8.56. The molecule has 0 bridgehead atoms. The van der Waals surface area contributed by atoms with Crippen molar-refractivity contribution in [2.24, 2.45) is 0 Å². The number of benzene rings is 1. The number of aromatic nitrogens is 3. The minimum absolute atomic E-state index is 0.0219. The minimum atomic E-state index is -0.583. The first-order chi connectivity index (χ1) is 13.5. The van der Waals surface area contributed by atoms with Gasteiger partial charge in [-0.05, 0) is 24.3 Å². The third-order valence-electron chi connectivity index (χ3n) is 3.73. The van der Waals surface area contributed by atoms with E-state index in [0.29, 0.717) is 10.8 Å². The van der Waals surface area contributed by atoms with Crippen molar-refractivity contribution in [3.63, 3.8) is 0 Å². The summed E-state index contributed by atoms with van der Waals surface area (Å²) in [6.45, 7) is 0.422. The van der Waals surface area contributed by atoms with Crippen LogP contribution in [0, 0.1) is 5.82 Å². The number of carbonyl (C=O) groups excluding carboxylic acids is 1. The molecule has 0 spiro atoms. The second kappa shape index (κ2) is 8.68. The van der Waals surface area contributed by atoms with Crippen LogP contribution < -0.4 is 15.8 Å². The maximum Gasteiger partial charge on any atom is 0.262 e. The van der Waals surface area contributed by atoms with Crippen molar-refractivity contribution in [2.45, 2.75) is 0 Å². The van der Waals surface area contributed by atoms with E-state index in [-0.39, 0.29) is 36.0 Å². The van der Waals surface area contributed by atoms with E-state index >= 15 is 0 Å². The fourth-order valence-electron chi connectivity index (χ4n) is 2.39. The molecule has 28 heavy (non-hydrogen) atoms. The molecule has 1 aromatic carbocycles. The van der Waals surface area contributed by atoms with Crippen LogP contribution in [0.15, 0.2) is 42.7 Å². The number of nitrogens with one attached hydrogen (secondary N) is 1. The van der Waals surface area contributed by atoms with Crippen molar-refractivity contribution >= 4 is 29.1 Å². The summed E-state index contributed by atoms with van der Waals surface area (Å²) >= 11 is 5.78. The van der Waals surface area contributed by atoms with Crippen LogP contribution >= 0.6 is 11.6 Å². The van der Waals surface area contributed by atoms with Crippen molar-refractivity contribution in [1.29, 1.82) is 0 Å². The molecule has 146 valence electrons. The van der Waals surface area contributed by atoms with Gasteiger partial charge in [0, 0.05) is 13.3 Å². The van der Waals surface area contributed by atoms with E-state index in [9.17, 15) is 9.18 Å². The Morgan fingerprint density at radius 2 is 2.11 bits per heavy atom. The van der Waals surface area contributed by atoms with E-state index in [4.69, 9.17) is 26.8 Å². The summed E-state index contributed by atoms with van der Waals surface area (Å²) in [4.78, 5) is 16.5. The number of rotatable bonds is 7. The van der Waals surface area contributed by atoms with Gasteiger partial charge in [-0.25, -0.2) is 14.1 Å². The number of hydrogen-bond acceptors (Lipinski definition) is 6. The smallest absolute Gasteiger partial charge is 0.262 e. The lowest BCUT2D eigenvalue weighted by Crippen LogP contribution is -2.15. The molecule has 0 atom stereocenters. The summed E-state index contributed by atoms with van der Waals surface area (Å²) in [5, 5.41) is 7.14. The topological polar surface area (TPSA) is 104 Å². The maximum atomic E-state index is 14.2. The number of nitrogens with zero attached hydrogens (tertiary/aromatic N) is 3. The van der Waals surface area contributed by atoms with Gasteiger partial charge in [0.05, 0.1) is 17.8 Å². The normalized spacial score (nSPS) is 10.7. The molecule has 2 heterocycles. The molecule has 3 rings (SSSR count). The Bertz CT molecular complexity index is 978. The van der Waals surface area contributed by atoms with Crippen molar-refractivity contribution < 1.29 is 18.7 Å². The molecule has 3 aromatic rings. The van der Waals surface area contributed by atoms with E-state index in [1.807, 2.05) is 0 Å². The highest BCUT2D eigenvalue weighted by Crippen LogP contribution is 2.29. The average Bonchev–Trinajstić information content (AvgIpc) is 3.06. The van der Waals surface area contributed by atoms with Gasteiger partial charge in [0.25, 0.3) is 5.91 Å². The van der Waals surface area contributed by atoms with E-state index in [0.717, 1.165) is 0 Å². The Morgan fingerprint density at radius 3 is 2.82 bits per heavy atom. The number of nitrogen functional groups attached to an aromatic ring is 1. The monoisotopic (exact) mass is 405 g/mol. The first kappa shape index (κ1) is 19.6. The number of anilines is 2. The zero-order chi connectivity index (χ0) is 20.1. The predicted octanol–water partition coefficient (Wildman–Crippen LogP) is 2.92. The standard InChI is InChI=1S/C18H17ClFN5O3/c1-27-7-8-28-16-13(20)3-2-4-14(16)25-17(21)12(10-23-25)18(26)24-15-6-5-11(19)9-22-15/h2-6,9-10H,7-8,21H2,1H3,(H,22,24,26). The van der Waals surface area contributed by atoms with Gasteiger partial charge in [0.2, 0.25) is 0 Å². The maximum absolute atomic E-state index is 14.2. The van der Waals surface area contributed by atoms with Crippen molar-refractivity contribution in [2.75, 3.05) is 31.4 Å². The number of methoxy groups -OCH3 is 1. The van der Waals surface area contributed by atoms with Crippen molar-refractivity contribution in [3.8, 4) is 11.4 Å². The Morgan fingerprint density at radius 1 is 1.29 bits per heavy atom. The first-order valence-electron chi connectivity index (χ1n) is 8.18. The molecule has 0 unspecified atom stereocenters. The lowest BCUT2D eigenvalue weighted by atomic mass is 10.2. The summed E-state index contributed by atoms with van der Waals surface area (Å²) in [5.74, 6) is -0.818. The molecule has 0 radical (unpaired) electrons. The van der Waals surface area contributed by atoms with E-state index in [1.165, 1.54) is 36.3 Å². The number of ether oxygens (including phenoxy) is 2. The Kier molecular flexibility index (Phi) is 6.07. The molecule has 0 fully saturated rings. The highest BCUT2D eigenvalue weighted by molar-refractivity contribution is 6.30. The summed E-state index contributed by atoms with van der Waals surface area (Å²) in [6, 6.07) is 7.47. The van der Waals surface area contributed by atoms with Gasteiger partial charge in [-0.15, -0.1) is 0 Å². The SMILES string of the molecule is COCCOc1c(F)cccc1-n1ncc(C(=O)Nc2ccc(Cl)cn2)c1N. The zero-order valence-electron chi connectivity index (χ0n) is 14.9. The van der Waals surface area contributed by atoms with E-state index in [2.05, 4.69) is 15.4 Å². The largest absolute Gasteiger partial charge is 0.486 e. The number of hydrogen-bond donors (Lipinski definition) is 2. The Balaban J connectivity index is 1.87. The molecule has 0 aliphatic carbocycles. The van der Waals surface area contributed by atoms with Gasteiger partial charge in [0.15, 0.2) is 11.6 Å². The molecule has 10 heteroatoms. The van der Waals surface area contributed by atoms with Crippen LogP contribution in [0.2, 0.25) is 5.02 Å². The molecule has 0 aliphatic heterocycles. The number of halogens is 2. The van der Waals surface area contributed by atoms with Gasteiger partial charge >= 0.3 is 0 Å². The third-order valence-corrected chi connectivity index (χ3v) is 3.95. The second-order valence-electron chi connectivity index (χ2n) is 5.60. The molecule has 8 nitrogen and oxygen atoms in total. The van der Waals surface area contributed by atoms with Gasteiger partial charge in [-0.2, -0.15) is 5.10 Å². The van der Waals surface area contributed by atoms with Crippen LogP contribution in [0.25, 0.3) is 5.69 Å². The fourth-order valence-corrected chi connectivity index (χ4v) is 2.50. The molecule has 1 amide bonds. The number of para-hydroxylation sites is 1. The number of nitrogens with two attached hydrogens (primary N) is 1. The van der Waals surface area contributed by atoms with Crippen molar-refractivity contribution in [1.82, 2.24) is 14.8 Å². The van der Waals surface area contributed by atoms with Crippen LogP contribution in [0.5, 0.6) is 5.75 Å². The van der Waals surface area contributed by atoms with Crippen molar-refractivity contribution in [3.05, 3.63) is 59.1 Å². The van der Waals surface area contributed by atoms with Gasteiger partial charge in [-0.1, -0.05) is 17.7 Å². The van der Waals surface area contributed by atoms with Gasteiger partial charge < -0.3 is 20.5 Å². The molecule has 0 saturated carbocycles. The average molecular weight is 406 g/mol. The number of amides is 1. The molecule has 0 aliphatic rings. The van der Waals surface area contributed by atoms with Gasteiger partial charge in [0.1, 0.15) is 29.5 Å². The Labute approximate surface area is 165 Å². The molecule has 2 aromatic heterocycles. The third kappa shape index (κ3) is 4.21. The number of carbonyl (C=O) groups is 1. The second-order valence-corrected chi connectivity index (χ2v) is 6.04. The van der Waals surface area contributed by atoms with E-state index < -0.39 is 11.7 Å². The van der Waals surface area contributed by atoms with Crippen LogP contribution in [0.4, 0.5) is 16.0 Å². The lowest BCUT2D eigenvalue weighted by Gasteiger charge is -2.13. The minimum Gasteiger partial charge on any atom is -0.486 e. The molecule has 3 N–H and O–H groups in total. The number of pyridine rings is 1. The summed E-state index contributed by atoms with van der Waals surface area (Å²) in [7, 11) is 1.51. The highest BCUT2D eigenvalue weighted by Gasteiger charge is 2.20. The van der Waals surface area contributed by atoms with Crippen LogP contribution in [-0.2, 0) is 4.74 Å². The van der Waals surface area contributed by atoms with E-state index in [1.54, 1.807) is 18.2 Å². The molecular formula is C18H17ClFN5O3. The Hall–Kier alpha value is -3.17. The molecular weight excluding hydrogens is 389 g/mol. The lowest BCUT2D eigenvalue weighted by molar-refractivity contribution is 0.102. The predicted molar refractivity (Wildman–Crippen MR) is 103 cm³/mol. The van der Waals surface area contributed by atoms with Gasteiger partial charge in [-0.3, -0.25) is 4.79 Å². The van der Waals surface area contributed by atoms with Crippen LogP contribution in [0.3, 0.4) is 0 Å². The quantitative estimate of drug-likeness (QED) is 0.586.